The SMILES string of the molecule is COc1ccc(-c2csc(NC(=O)COC(=O)c3ccc(N)cc3)n2)cc1. The number of benzene rings is 2. The second-order valence-electron chi connectivity index (χ2n) is 5.51. The summed E-state index contributed by atoms with van der Waals surface area (Å²) in [7, 11) is 1.60. The van der Waals surface area contributed by atoms with Crippen LogP contribution in [0.15, 0.2) is 53.9 Å². The number of carbonyl (C=O) groups excluding carboxylic acids is 2. The molecule has 3 rings (SSSR count). The Kier molecular flexibility index (Phi) is 5.68. The van der Waals surface area contributed by atoms with Gasteiger partial charge in [-0.15, -0.1) is 11.3 Å². The molecule has 3 N–H and O–H groups in total. The van der Waals surface area contributed by atoms with E-state index in [1.807, 2.05) is 29.6 Å². The first-order chi connectivity index (χ1) is 13.0. The Labute approximate surface area is 159 Å². The number of anilines is 2. The number of carbonyl (C=O) groups is 2. The van der Waals surface area contributed by atoms with Crippen molar-refractivity contribution in [2.45, 2.75) is 0 Å². The molecule has 0 radical (unpaired) electrons. The first-order valence-electron chi connectivity index (χ1n) is 7.97. The van der Waals surface area contributed by atoms with Gasteiger partial charge in [-0.2, -0.15) is 0 Å². The lowest BCUT2D eigenvalue weighted by Crippen LogP contribution is -2.20. The van der Waals surface area contributed by atoms with Crippen molar-refractivity contribution in [1.82, 2.24) is 4.98 Å². The largest absolute Gasteiger partial charge is 0.497 e. The van der Waals surface area contributed by atoms with Crippen LogP contribution in [0.5, 0.6) is 5.75 Å². The van der Waals surface area contributed by atoms with Gasteiger partial charge in [-0.3, -0.25) is 10.1 Å². The molecular formula is C19H17N3O4S. The van der Waals surface area contributed by atoms with Gasteiger partial charge in [-0.05, 0) is 48.5 Å². The minimum absolute atomic E-state index is 0.327. The van der Waals surface area contributed by atoms with Crippen molar-refractivity contribution in [3.05, 3.63) is 59.5 Å². The van der Waals surface area contributed by atoms with Crippen LogP contribution in [0.3, 0.4) is 0 Å². The molecule has 27 heavy (non-hydrogen) atoms. The van der Waals surface area contributed by atoms with E-state index >= 15 is 0 Å². The van der Waals surface area contributed by atoms with Gasteiger partial charge in [0, 0.05) is 16.6 Å². The molecule has 0 saturated heterocycles. The molecule has 138 valence electrons. The molecule has 0 saturated carbocycles. The van der Waals surface area contributed by atoms with Crippen LogP contribution in [-0.2, 0) is 9.53 Å². The van der Waals surface area contributed by atoms with Gasteiger partial charge in [0.15, 0.2) is 11.7 Å². The van der Waals surface area contributed by atoms with E-state index < -0.39 is 18.5 Å². The quantitative estimate of drug-likeness (QED) is 0.500. The molecule has 2 aromatic carbocycles. The number of amides is 1. The summed E-state index contributed by atoms with van der Waals surface area (Å²) >= 11 is 1.29. The predicted octanol–water partition coefficient (Wildman–Crippen LogP) is 3.20. The molecule has 0 aliphatic carbocycles. The zero-order valence-corrected chi connectivity index (χ0v) is 15.3. The van der Waals surface area contributed by atoms with E-state index in [0.717, 1.165) is 17.0 Å². The Morgan fingerprint density at radius 3 is 2.48 bits per heavy atom. The molecule has 0 unspecified atom stereocenters. The Balaban J connectivity index is 1.54. The van der Waals surface area contributed by atoms with Gasteiger partial charge < -0.3 is 15.2 Å². The second kappa shape index (κ2) is 8.33. The number of nitrogens with one attached hydrogen (secondary N) is 1. The number of methoxy groups -OCH3 is 1. The summed E-state index contributed by atoms with van der Waals surface area (Å²) in [6.45, 7) is -0.402. The average molecular weight is 383 g/mol. The Morgan fingerprint density at radius 2 is 1.81 bits per heavy atom. The molecule has 0 fully saturated rings. The smallest absolute Gasteiger partial charge is 0.338 e. The number of aromatic nitrogens is 1. The first kappa shape index (κ1) is 18.4. The fourth-order valence-corrected chi connectivity index (χ4v) is 2.95. The van der Waals surface area contributed by atoms with E-state index in [1.54, 1.807) is 19.2 Å². The van der Waals surface area contributed by atoms with Crippen LogP contribution in [0.4, 0.5) is 10.8 Å². The van der Waals surface area contributed by atoms with E-state index in [-0.39, 0.29) is 0 Å². The molecule has 1 amide bonds. The van der Waals surface area contributed by atoms with Gasteiger partial charge in [0.2, 0.25) is 0 Å². The Hall–Kier alpha value is -3.39. The summed E-state index contributed by atoms with van der Waals surface area (Å²) in [4.78, 5) is 28.2. The summed E-state index contributed by atoms with van der Waals surface area (Å²) in [5.74, 6) is -0.303. The van der Waals surface area contributed by atoms with Gasteiger partial charge in [0.25, 0.3) is 5.91 Å². The number of hydrogen-bond acceptors (Lipinski definition) is 7. The molecule has 1 aromatic heterocycles. The average Bonchev–Trinajstić information content (AvgIpc) is 3.15. The summed E-state index contributed by atoms with van der Waals surface area (Å²) in [5.41, 5.74) is 8.07. The molecule has 1 heterocycles. The number of ether oxygens (including phenoxy) is 2. The van der Waals surface area contributed by atoms with Crippen LogP contribution in [0.2, 0.25) is 0 Å². The fourth-order valence-electron chi connectivity index (χ4n) is 2.21. The lowest BCUT2D eigenvalue weighted by atomic mass is 10.2. The van der Waals surface area contributed by atoms with Crippen LogP contribution in [-0.4, -0.2) is 30.6 Å². The van der Waals surface area contributed by atoms with E-state index in [2.05, 4.69) is 10.3 Å². The first-order valence-corrected chi connectivity index (χ1v) is 8.85. The molecule has 0 spiro atoms. The van der Waals surface area contributed by atoms with Crippen LogP contribution in [0.25, 0.3) is 11.3 Å². The van der Waals surface area contributed by atoms with Crippen LogP contribution in [0.1, 0.15) is 10.4 Å². The zero-order valence-electron chi connectivity index (χ0n) is 14.5. The van der Waals surface area contributed by atoms with Crippen LogP contribution >= 0.6 is 11.3 Å². The number of hydrogen-bond donors (Lipinski definition) is 2. The molecule has 7 nitrogen and oxygen atoms in total. The number of nitrogens with zero attached hydrogens (tertiary/aromatic N) is 1. The second-order valence-corrected chi connectivity index (χ2v) is 6.37. The highest BCUT2D eigenvalue weighted by Gasteiger charge is 2.12. The highest BCUT2D eigenvalue weighted by atomic mass is 32.1. The van der Waals surface area contributed by atoms with E-state index in [0.29, 0.717) is 16.4 Å². The summed E-state index contributed by atoms with van der Waals surface area (Å²) in [6, 6.07) is 13.7. The fraction of sp³-hybridized carbons (Fsp3) is 0.105. The standard InChI is InChI=1S/C19H17N3O4S/c1-25-15-8-4-12(5-9-15)16-11-27-19(21-16)22-17(23)10-26-18(24)13-2-6-14(20)7-3-13/h2-9,11H,10,20H2,1H3,(H,21,22,23). The molecule has 0 aliphatic heterocycles. The predicted molar refractivity (Wildman–Crippen MR) is 104 cm³/mol. The third-order valence-corrected chi connectivity index (χ3v) is 4.37. The lowest BCUT2D eigenvalue weighted by Gasteiger charge is -2.05. The third-order valence-electron chi connectivity index (χ3n) is 3.62. The Bertz CT molecular complexity index is 936. The normalized spacial score (nSPS) is 10.3. The van der Waals surface area contributed by atoms with Gasteiger partial charge >= 0.3 is 5.97 Å². The maximum absolute atomic E-state index is 12.0. The molecule has 8 heteroatoms. The maximum Gasteiger partial charge on any atom is 0.338 e. The Morgan fingerprint density at radius 1 is 1.11 bits per heavy atom. The van der Waals surface area contributed by atoms with Crippen molar-refractivity contribution in [3.8, 4) is 17.0 Å². The minimum atomic E-state index is -0.594. The van der Waals surface area contributed by atoms with Crippen molar-refractivity contribution in [2.75, 3.05) is 24.8 Å². The maximum atomic E-state index is 12.0. The summed E-state index contributed by atoms with van der Waals surface area (Å²) in [6.07, 6.45) is 0. The number of thiazole rings is 1. The van der Waals surface area contributed by atoms with E-state index in [1.165, 1.54) is 23.5 Å². The molecule has 0 bridgehead atoms. The topological polar surface area (TPSA) is 104 Å². The lowest BCUT2D eigenvalue weighted by molar-refractivity contribution is -0.119. The molecule has 3 aromatic rings. The summed E-state index contributed by atoms with van der Waals surface area (Å²) in [5, 5.41) is 4.87. The van der Waals surface area contributed by atoms with Crippen molar-refractivity contribution in [3.63, 3.8) is 0 Å². The van der Waals surface area contributed by atoms with Gasteiger partial charge in [0.1, 0.15) is 5.75 Å². The highest BCUT2D eigenvalue weighted by Crippen LogP contribution is 2.26. The molecular weight excluding hydrogens is 366 g/mol. The van der Waals surface area contributed by atoms with Crippen molar-refractivity contribution in [1.29, 1.82) is 0 Å². The van der Waals surface area contributed by atoms with Gasteiger partial charge in [0.05, 0.1) is 18.4 Å². The number of rotatable bonds is 6. The van der Waals surface area contributed by atoms with Crippen LogP contribution < -0.4 is 15.8 Å². The molecule has 0 atom stereocenters. The zero-order chi connectivity index (χ0) is 19.2. The number of nitrogens with two attached hydrogens (primary N) is 1. The van der Waals surface area contributed by atoms with E-state index in [4.69, 9.17) is 15.2 Å². The monoisotopic (exact) mass is 383 g/mol. The minimum Gasteiger partial charge on any atom is -0.497 e. The number of nitrogen functional groups attached to an aromatic ring is 1. The molecule has 0 aliphatic rings. The van der Waals surface area contributed by atoms with Gasteiger partial charge in [-0.25, -0.2) is 9.78 Å². The van der Waals surface area contributed by atoms with Gasteiger partial charge in [-0.1, -0.05) is 0 Å². The highest BCUT2D eigenvalue weighted by molar-refractivity contribution is 7.14. The van der Waals surface area contributed by atoms with Crippen LogP contribution in [0, 0.1) is 0 Å². The van der Waals surface area contributed by atoms with E-state index in [9.17, 15) is 9.59 Å². The number of esters is 1. The van der Waals surface area contributed by atoms with Crippen molar-refractivity contribution >= 4 is 34.0 Å². The third kappa shape index (κ3) is 4.83. The summed E-state index contributed by atoms with van der Waals surface area (Å²) < 4.78 is 10.1. The van der Waals surface area contributed by atoms with Crippen molar-refractivity contribution < 1.29 is 19.1 Å². The van der Waals surface area contributed by atoms with Crippen molar-refractivity contribution in [2.24, 2.45) is 0 Å².